The highest BCUT2D eigenvalue weighted by atomic mass is 16.7. The van der Waals surface area contributed by atoms with Crippen molar-refractivity contribution in [3.63, 3.8) is 0 Å². The molecule has 3 nitrogen and oxygen atoms in total. The third-order valence-corrected chi connectivity index (χ3v) is 7.85. The zero-order valence-electron chi connectivity index (χ0n) is 19.1. The zero-order chi connectivity index (χ0) is 21.8. The fraction of sp³-hybridized carbons (Fsp3) is 0.333. The molecule has 0 aliphatic carbocycles. The summed E-state index contributed by atoms with van der Waals surface area (Å²) in [6.07, 6.45) is 0. The molecule has 3 heterocycles. The maximum Gasteiger partial charge on any atom is 0.495 e. The van der Waals surface area contributed by atoms with Gasteiger partial charge in [-0.2, -0.15) is 0 Å². The van der Waals surface area contributed by atoms with Gasteiger partial charge in [-0.3, -0.25) is 0 Å². The van der Waals surface area contributed by atoms with Gasteiger partial charge in [-0.15, -0.1) is 0 Å². The van der Waals surface area contributed by atoms with Crippen LogP contribution in [0.4, 0.5) is 0 Å². The second-order valence-corrected chi connectivity index (χ2v) is 10.5. The molecule has 0 spiro atoms. The number of aromatic nitrogens is 1. The van der Waals surface area contributed by atoms with Gasteiger partial charge in [0.1, 0.15) is 0 Å². The Bertz CT molecular complexity index is 1360. The quantitative estimate of drug-likeness (QED) is 0.375. The standard InChI is InChI=1S/C27H28BNO2/c1-25(2)18-12-8-10-14-22(18)29-21-13-9-7-11-17(21)23-20(16-15-19(25)24(23)29)28-30-26(3,4)27(5,6)31-28/h7-16H,1-6H3. The van der Waals surface area contributed by atoms with E-state index in [4.69, 9.17) is 9.31 Å². The number of benzene rings is 3. The summed E-state index contributed by atoms with van der Waals surface area (Å²) in [5.41, 5.74) is 6.75. The Balaban J connectivity index is 1.75. The molecule has 6 rings (SSSR count). The summed E-state index contributed by atoms with van der Waals surface area (Å²) in [5.74, 6) is 0. The van der Waals surface area contributed by atoms with Crippen LogP contribution in [0.3, 0.4) is 0 Å². The molecule has 1 saturated heterocycles. The molecule has 4 heteroatoms. The van der Waals surface area contributed by atoms with E-state index in [1.807, 2.05) is 0 Å². The molecule has 0 unspecified atom stereocenters. The Morgan fingerprint density at radius 3 is 2.10 bits per heavy atom. The maximum atomic E-state index is 6.50. The summed E-state index contributed by atoms with van der Waals surface area (Å²) in [7, 11) is -0.390. The van der Waals surface area contributed by atoms with E-state index in [1.165, 1.54) is 38.6 Å². The molecule has 4 aromatic rings. The van der Waals surface area contributed by atoms with Crippen LogP contribution in [0.1, 0.15) is 52.7 Å². The average Bonchev–Trinajstić information content (AvgIpc) is 3.17. The van der Waals surface area contributed by atoms with E-state index in [-0.39, 0.29) is 16.6 Å². The van der Waals surface area contributed by atoms with Gasteiger partial charge in [-0.25, -0.2) is 0 Å². The van der Waals surface area contributed by atoms with E-state index < -0.39 is 7.12 Å². The second kappa shape index (κ2) is 5.82. The first-order valence-electron chi connectivity index (χ1n) is 11.2. The van der Waals surface area contributed by atoms with Crippen LogP contribution in [0.25, 0.3) is 27.5 Å². The molecule has 2 aliphatic heterocycles. The SMILES string of the molecule is CC1(C)c2ccccc2-n2c3ccccc3c3c(B4OC(C)(C)C(C)(C)O4)ccc1c32. The number of hydrogen-bond acceptors (Lipinski definition) is 2. The van der Waals surface area contributed by atoms with Crippen molar-refractivity contribution < 1.29 is 9.31 Å². The Morgan fingerprint density at radius 2 is 1.35 bits per heavy atom. The first-order valence-corrected chi connectivity index (χ1v) is 11.2. The number of para-hydroxylation sites is 2. The molecule has 0 saturated carbocycles. The second-order valence-electron chi connectivity index (χ2n) is 10.5. The maximum absolute atomic E-state index is 6.50. The third-order valence-electron chi connectivity index (χ3n) is 7.85. The van der Waals surface area contributed by atoms with Crippen molar-refractivity contribution in [2.45, 2.75) is 58.2 Å². The summed E-state index contributed by atoms with van der Waals surface area (Å²) >= 11 is 0. The van der Waals surface area contributed by atoms with Crippen LogP contribution in [-0.4, -0.2) is 22.9 Å². The Kier molecular flexibility index (Phi) is 3.59. The lowest BCUT2D eigenvalue weighted by atomic mass is 9.70. The molecule has 2 aliphatic rings. The third kappa shape index (κ3) is 2.32. The Labute approximate surface area is 184 Å². The molecule has 0 amide bonds. The van der Waals surface area contributed by atoms with Gasteiger partial charge in [0, 0.05) is 16.2 Å². The molecule has 1 aromatic heterocycles. The van der Waals surface area contributed by atoms with Crippen LogP contribution in [0, 0.1) is 0 Å². The van der Waals surface area contributed by atoms with Gasteiger partial charge in [0.25, 0.3) is 0 Å². The highest BCUT2D eigenvalue weighted by Crippen LogP contribution is 2.47. The van der Waals surface area contributed by atoms with Crippen LogP contribution < -0.4 is 5.46 Å². The van der Waals surface area contributed by atoms with E-state index in [0.29, 0.717) is 0 Å². The fourth-order valence-electron chi connectivity index (χ4n) is 5.39. The lowest BCUT2D eigenvalue weighted by Gasteiger charge is -2.35. The van der Waals surface area contributed by atoms with Gasteiger partial charge in [-0.05, 0) is 56.4 Å². The lowest BCUT2D eigenvalue weighted by molar-refractivity contribution is 0.00578. The fourth-order valence-corrected chi connectivity index (χ4v) is 5.39. The highest BCUT2D eigenvalue weighted by molar-refractivity contribution is 6.66. The monoisotopic (exact) mass is 409 g/mol. The van der Waals surface area contributed by atoms with E-state index in [9.17, 15) is 0 Å². The van der Waals surface area contributed by atoms with Gasteiger partial charge in [0.2, 0.25) is 0 Å². The van der Waals surface area contributed by atoms with Gasteiger partial charge < -0.3 is 13.9 Å². The molecule has 31 heavy (non-hydrogen) atoms. The Morgan fingerprint density at radius 1 is 0.710 bits per heavy atom. The number of rotatable bonds is 1. The first kappa shape index (κ1) is 19.2. The van der Waals surface area contributed by atoms with Crippen LogP contribution >= 0.6 is 0 Å². The van der Waals surface area contributed by atoms with E-state index >= 15 is 0 Å². The molecule has 1 fully saturated rings. The van der Waals surface area contributed by atoms with Gasteiger partial charge in [-0.1, -0.05) is 62.4 Å². The highest BCUT2D eigenvalue weighted by Gasteiger charge is 2.52. The predicted octanol–water partition coefficient (Wildman–Crippen LogP) is 5.72. The smallest absolute Gasteiger partial charge is 0.399 e. The minimum absolute atomic E-state index is 0.0896. The van der Waals surface area contributed by atoms with Gasteiger partial charge >= 0.3 is 7.12 Å². The molecule has 0 radical (unpaired) electrons. The molecular weight excluding hydrogens is 381 g/mol. The predicted molar refractivity (Wildman–Crippen MR) is 129 cm³/mol. The summed E-state index contributed by atoms with van der Waals surface area (Å²) in [4.78, 5) is 0. The van der Waals surface area contributed by atoms with Crippen molar-refractivity contribution in [1.82, 2.24) is 4.57 Å². The topological polar surface area (TPSA) is 23.4 Å². The van der Waals surface area contributed by atoms with Crippen molar-refractivity contribution in [1.29, 1.82) is 0 Å². The first-order chi connectivity index (χ1) is 14.6. The molecule has 3 aromatic carbocycles. The summed E-state index contributed by atoms with van der Waals surface area (Å²) < 4.78 is 15.4. The number of nitrogens with zero attached hydrogens (tertiary/aromatic N) is 1. The summed E-state index contributed by atoms with van der Waals surface area (Å²) in [5, 5.41) is 2.49. The molecule has 156 valence electrons. The molecular formula is C27H28BNO2. The molecule has 0 N–H and O–H groups in total. The lowest BCUT2D eigenvalue weighted by Crippen LogP contribution is -2.41. The minimum atomic E-state index is -0.390. The van der Waals surface area contributed by atoms with Gasteiger partial charge in [0.15, 0.2) is 0 Å². The Hall–Kier alpha value is -2.56. The van der Waals surface area contributed by atoms with E-state index in [2.05, 4.69) is 107 Å². The summed E-state index contributed by atoms with van der Waals surface area (Å²) in [6, 6.07) is 22.0. The van der Waals surface area contributed by atoms with Crippen LogP contribution in [0.15, 0.2) is 60.7 Å². The van der Waals surface area contributed by atoms with Crippen molar-refractivity contribution >= 4 is 34.4 Å². The van der Waals surface area contributed by atoms with Crippen LogP contribution in [0.5, 0.6) is 0 Å². The van der Waals surface area contributed by atoms with Crippen molar-refractivity contribution in [3.05, 3.63) is 71.8 Å². The largest absolute Gasteiger partial charge is 0.495 e. The summed E-state index contributed by atoms with van der Waals surface area (Å²) in [6.45, 7) is 13.1. The van der Waals surface area contributed by atoms with E-state index in [1.54, 1.807) is 0 Å². The zero-order valence-corrected chi connectivity index (χ0v) is 19.1. The number of hydrogen-bond donors (Lipinski definition) is 0. The normalized spacial score (nSPS) is 20.4. The average molecular weight is 409 g/mol. The van der Waals surface area contributed by atoms with E-state index in [0.717, 1.165) is 5.46 Å². The van der Waals surface area contributed by atoms with Crippen molar-refractivity contribution in [2.24, 2.45) is 0 Å². The number of fused-ring (bicyclic) bond motifs is 5. The van der Waals surface area contributed by atoms with Gasteiger partial charge in [0.05, 0.1) is 27.9 Å². The molecule has 0 atom stereocenters. The van der Waals surface area contributed by atoms with Crippen LogP contribution in [0.2, 0.25) is 0 Å². The van der Waals surface area contributed by atoms with Crippen molar-refractivity contribution in [3.8, 4) is 5.69 Å². The van der Waals surface area contributed by atoms with Crippen molar-refractivity contribution in [2.75, 3.05) is 0 Å². The van der Waals surface area contributed by atoms with Crippen LogP contribution in [-0.2, 0) is 14.7 Å². The minimum Gasteiger partial charge on any atom is -0.399 e. The molecule has 0 bridgehead atoms.